The summed E-state index contributed by atoms with van der Waals surface area (Å²) in [4.78, 5) is 46.4. The highest BCUT2D eigenvalue weighted by Gasteiger charge is 2.29. The molecule has 0 bridgehead atoms. The number of nitrogens with one attached hydrogen (secondary N) is 1. The molecule has 13 nitrogen and oxygen atoms in total. The van der Waals surface area contributed by atoms with Crippen molar-refractivity contribution in [2.45, 2.75) is 18.9 Å². The Balaban J connectivity index is 0.873. The molecule has 1 aliphatic carbocycles. The zero-order valence-electron chi connectivity index (χ0n) is 26.4. The van der Waals surface area contributed by atoms with Crippen LogP contribution in [0.3, 0.4) is 0 Å². The van der Waals surface area contributed by atoms with E-state index >= 15 is 0 Å². The SMILES string of the molecule is O=C(CCOCCOCCNC(=O)OCC1c2ccccc2-c2ccccc21)Oc1ccc(COC(=O)Oc2ccc([N+](=O)[O-])cc2)cc1. The highest BCUT2D eigenvalue weighted by molar-refractivity contribution is 5.79. The Morgan fingerprint density at radius 1 is 0.694 bits per heavy atom. The van der Waals surface area contributed by atoms with Crippen LogP contribution in [0.1, 0.15) is 29.0 Å². The van der Waals surface area contributed by atoms with Crippen molar-refractivity contribution in [3.05, 3.63) is 124 Å². The molecule has 4 aromatic rings. The second-order valence-electron chi connectivity index (χ2n) is 10.7. The second kappa shape index (κ2) is 17.4. The lowest BCUT2D eigenvalue weighted by Crippen LogP contribution is -2.29. The van der Waals surface area contributed by atoms with Crippen LogP contribution in [0.2, 0.25) is 0 Å². The molecule has 0 radical (unpaired) electrons. The number of nitro benzene ring substituents is 1. The number of amides is 1. The Morgan fingerprint density at radius 3 is 1.94 bits per heavy atom. The summed E-state index contributed by atoms with van der Waals surface area (Å²) < 4.78 is 31.7. The Hall–Kier alpha value is -5.79. The Labute approximate surface area is 281 Å². The molecule has 254 valence electrons. The number of ether oxygens (including phenoxy) is 6. The van der Waals surface area contributed by atoms with Gasteiger partial charge in [0.25, 0.3) is 5.69 Å². The van der Waals surface area contributed by atoms with Gasteiger partial charge in [-0.3, -0.25) is 14.9 Å². The van der Waals surface area contributed by atoms with E-state index in [4.69, 9.17) is 28.4 Å². The number of carbonyl (C=O) groups excluding carboxylic acids is 3. The summed E-state index contributed by atoms with van der Waals surface area (Å²) >= 11 is 0. The van der Waals surface area contributed by atoms with E-state index in [-0.39, 0.29) is 70.0 Å². The van der Waals surface area contributed by atoms with Crippen LogP contribution in [0.4, 0.5) is 15.3 Å². The molecule has 1 N–H and O–H groups in total. The molecular formula is C36H34N2O11. The third kappa shape index (κ3) is 10.1. The van der Waals surface area contributed by atoms with Gasteiger partial charge in [0.05, 0.1) is 37.8 Å². The first-order valence-electron chi connectivity index (χ1n) is 15.5. The summed E-state index contributed by atoms with van der Waals surface area (Å²) in [7, 11) is 0. The molecule has 1 amide bonds. The molecule has 0 aromatic heterocycles. The van der Waals surface area contributed by atoms with Crippen LogP contribution in [0.25, 0.3) is 11.1 Å². The minimum atomic E-state index is -0.972. The lowest BCUT2D eigenvalue weighted by molar-refractivity contribution is -0.384. The summed E-state index contributed by atoms with van der Waals surface area (Å²) in [6.45, 7) is 1.39. The zero-order chi connectivity index (χ0) is 34.4. The van der Waals surface area contributed by atoms with Gasteiger partial charge in [-0.05, 0) is 52.1 Å². The summed E-state index contributed by atoms with van der Waals surface area (Å²) in [6, 6.07) is 27.7. The molecule has 0 spiro atoms. The van der Waals surface area contributed by atoms with Crippen molar-refractivity contribution in [1.29, 1.82) is 0 Å². The third-order valence-corrected chi connectivity index (χ3v) is 7.44. The van der Waals surface area contributed by atoms with E-state index in [1.807, 2.05) is 24.3 Å². The van der Waals surface area contributed by atoms with Crippen LogP contribution in [-0.4, -0.2) is 62.7 Å². The summed E-state index contributed by atoms with van der Waals surface area (Å²) in [6.07, 6.45) is -1.45. The van der Waals surface area contributed by atoms with Gasteiger partial charge in [0, 0.05) is 24.6 Å². The van der Waals surface area contributed by atoms with E-state index in [1.54, 1.807) is 24.3 Å². The molecule has 49 heavy (non-hydrogen) atoms. The molecule has 0 fully saturated rings. The van der Waals surface area contributed by atoms with E-state index in [1.165, 1.54) is 35.4 Å². The second-order valence-corrected chi connectivity index (χ2v) is 10.7. The summed E-state index contributed by atoms with van der Waals surface area (Å²) in [5, 5.41) is 13.4. The number of rotatable bonds is 16. The smallest absolute Gasteiger partial charge is 0.449 e. The number of benzene rings is 4. The molecule has 13 heteroatoms. The minimum Gasteiger partial charge on any atom is -0.449 e. The first-order valence-corrected chi connectivity index (χ1v) is 15.5. The maximum absolute atomic E-state index is 12.2. The predicted molar refractivity (Wildman–Crippen MR) is 175 cm³/mol. The van der Waals surface area contributed by atoms with Crippen LogP contribution in [0.15, 0.2) is 97.1 Å². The van der Waals surface area contributed by atoms with Gasteiger partial charge in [-0.2, -0.15) is 0 Å². The van der Waals surface area contributed by atoms with Crippen molar-refractivity contribution >= 4 is 23.9 Å². The largest absolute Gasteiger partial charge is 0.514 e. The average molecular weight is 671 g/mol. The van der Waals surface area contributed by atoms with Crippen LogP contribution < -0.4 is 14.8 Å². The standard InChI is InChI=1S/C36H34N2O11/c39-34(48-27-13-9-25(10-14-27)23-47-36(41)49-28-15-11-26(12-16-28)38(42)43)17-19-44-21-22-45-20-18-37-35(40)46-24-33-31-7-3-1-5-29(31)30-6-2-4-8-32(30)33/h1-16,33H,17-24H2,(H,37,40). The molecule has 0 aliphatic heterocycles. The van der Waals surface area contributed by atoms with Crippen LogP contribution in [-0.2, 0) is 30.3 Å². The summed E-state index contributed by atoms with van der Waals surface area (Å²) in [5.41, 5.74) is 5.13. The van der Waals surface area contributed by atoms with E-state index < -0.39 is 23.1 Å². The van der Waals surface area contributed by atoms with Gasteiger partial charge < -0.3 is 33.7 Å². The van der Waals surface area contributed by atoms with Gasteiger partial charge in [-0.25, -0.2) is 9.59 Å². The Bertz CT molecular complexity index is 1700. The van der Waals surface area contributed by atoms with Crippen molar-refractivity contribution in [1.82, 2.24) is 5.32 Å². The Morgan fingerprint density at radius 2 is 1.29 bits per heavy atom. The summed E-state index contributed by atoms with van der Waals surface area (Å²) in [5.74, 6) is -0.0673. The molecule has 0 saturated heterocycles. The normalized spacial score (nSPS) is 11.6. The molecule has 1 aliphatic rings. The van der Waals surface area contributed by atoms with Gasteiger partial charge >= 0.3 is 18.2 Å². The van der Waals surface area contributed by atoms with Crippen LogP contribution in [0.5, 0.6) is 11.5 Å². The molecular weight excluding hydrogens is 636 g/mol. The van der Waals surface area contributed by atoms with Crippen molar-refractivity contribution in [3.8, 4) is 22.6 Å². The van der Waals surface area contributed by atoms with Gasteiger partial charge in [-0.1, -0.05) is 60.7 Å². The van der Waals surface area contributed by atoms with Crippen molar-refractivity contribution in [3.63, 3.8) is 0 Å². The number of non-ortho nitro benzene ring substituents is 1. The maximum Gasteiger partial charge on any atom is 0.514 e. The number of nitrogens with zero attached hydrogens (tertiary/aromatic N) is 1. The van der Waals surface area contributed by atoms with E-state index in [0.717, 1.165) is 11.1 Å². The molecule has 5 rings (SSSR count). The van der Waals surface area contributed by atoms with Crippen LogP contribution in [0, 0.1) is 10.1 Å². The maximum atomic E-state index is 12.2. The van der Waals surface area contributed by atoms with E-state index in [9.17, 15) is 24.5 Å². The third-order valence-electron chi connectivity index (χ3n) is 7.44. The molecule has 0 unspecified atom stereocenters. The number of esters is 1. The zero-order valence-corrected chi connectivity index (χ0v) is 26.4. The fourth-order valence-corrected chi connectivity index (χ4v) is 5.09. The fourth-order valence-electron chi connectivity index (χ4n) is 5.09. The van der Waals surface area contributed by atoms with Crippen molar-refractivity contribution in [2.75, 3.05) is 39.6 Å². The fraction of sp³-hybridized carbons (Fsp3) is 0.250. The quantitative estimate of drug-likeness (QED) is 0.0362. The van der Waals surface area contributed by atoms with Crippen LogP contribution >= 0.6 is 0 Å². The predicted octanol–water partition coefficient (Wildman–Crippen LogP) is 6.18. The lowest BCUT2D eigenvalue weighted by atomic mass is 9.98. The monoisotopic (exact) mass is 670 g/mol. The van der Waals surface area contributed by atoms with Gasteiger partial charge in [0.1, 0.15) is 24.7 Å². The van der Waals surface area contributed by atoms with E-state index in [2.05, 4.69) is 29.6 Å². The molecule has 4 aromatic carbocycles. The number of nitro groups is 1. The van der Waals surface area contributed by atoms with Gasteiger partial charge in [0.2, 0.25) is 0 Å². The highest BCUT2D eigenvalue weighted by Crippen LogP contribution is 2.44. The number of hydrogen-bond donors (Lipinski definition) is 1. The lowest BCUT2D eigenvalue weighted by Gasteiger charge is -2.14. The number of fused-ring (bicyclic) bond motifs is 3. The number of hydrogen-bond acceptors (Lipinski definition) is 11. The topological polar surface area (TPSA) is 162 Å². The minimum absolute atomic E-state index is 0.00555. The molecule has 0 atom stereocenters. The average Bonchev–Trinajstić information content (AvgIpc) is 3.43. The van der Waals surface area contributed by atoms with E-state index in [0.29, 0.717) is 11.3 Å². The molecule has 0 heterocycles. The van der Waals surface area contributed by atoms with Crippen molar-refractivity contribution in [2.24, 2.45) is 0 Å². The Kier molecular flexibility index (Phi) is 12.3. The first kappa shape index (κ1) is 34.5. The number of carbonyl (C=O) groups is 3. The van der Waals surface area contributed by atoms with Crippen molar-refractivity contribution < 1.29 is 47.7 Å². The number of alkyl carbamates (subject to hydrolysis) is 1. The first-order chi connectivity index (χ1) is 23.9. The van der Waals surface area contributed by atoms with Gasteiger partial charge in [0.15, 0.2) is 0 Å². The highest BCUT2D eigenvalue weighted by atomic mass is 16.7. The molecule has 0 saturated carbocycles. The van der Waals surface area contributed by atoms with Gasteiger partial charge in [-0.15, -0.1) is 0 Å².